The lowest BCUT2D eigenvalue weighted by molar-refractivity contribution is 0.0742. The van der Waals surface area contributed by atoms with Gasteiger partial charge in [-0.25, -0.2) is 4.39 Å². The molecule has 0 atom stereocenters. The van der Waals surface area contributed by atoms with Gasteiger partial charge in [-0.2, -0.15) is 0 Å². The molecule has 1 saturated heterocycles. The van der Waals surface area contributed by atoms with Crippen LogP contribution in [0.25, 0.3) is 0 Å². The molecule has 3 aromatic carbocycles. The van der Waals surface area contributed by atoms with Crippen molar-refractivity contribution in [1.82, 2.24) is 10.2 Å². The molecule has 0 unspecified atom stereocenters. The number of hydrogen-bond donors (Lipinski definition) is 2. The summed E-state index contributed by atoms with van der Waals surface area (Å²) in [6.07, 6.45) is 0. The Hall–Kier alpha value is -3.78. The molecular formula is C26H25FN4O2S. The van der Waals surface area contributed by atoms with Gasteiger partial charge in [0, 0.05) is 43.1 Å². The van der Waals surface area contributed by atoms with Crippen molar-refractivity contribution >= 4 is 40.5 Å². The number of thiocarbonyl (C=S) groups is 1. The van der Waals surface area contributed by atoms with E-state index in [-0.39, 0.29) is 22.5 Å². The van der Waals surface area contributed by atoms with Crippen molar-refractivity contribution in [1.29, 1.82) is 0 Å². The number of benzene rings is 3. The molecule has 0 saturated carbocycles. The Kier molecular flexibility index (Phi) is 7.18. The van der Waals surface area contributed by atoms with E-state index in [9.17, 15) is 14.0 Å². The SMILES string of the molecule is Cc1cccc(C(=O)NC(=S)Nc2ccc(N3CCN(C(=O)c4ccccc4F)CC3)cc2)c1. The summed E-state index contributed by atoms with van der Waals surface area (Å²) in [4.78, 5) is 28.8. The average Bonchev–Trinajstić information content (AvgIpc) is 2.84. The number of carbonyl (C=O) groups excluding carboxylic acids is 2. The molecule has 4 rings (SSSR count). The van der Waals surface area contributed by atoms with Gasteiger partial charge < -0.3 is 15.1 Å². The van der Waals surface area contributed by atoms with Crippen molar-refractivity contribution in [3.05, 3.63) is 95.3 Å². The van der Waals surface area contributed by atoms with Gasteiger partial charge in [0.15, 0.2) is 5.11 Å². The van der Waals surface area contributed by atoms with Crippen molar-refractivity contribution < 1.29 is 14.0 Å². The number of amides is 2. The van der Waals surface area contributed by atoms with Gasteiger partial charge in [0.05, 0.1) is 5.56 Å². The number of piperazine rings is 1. The van der Waals surface area contributed by atoms with Crippen molar-refractivity contribution in [3.8, 4) is 0 Å². The number of halogens is 1. The number of anilines is 2. The smallest absolute Gasteiger partial charge is 0.257 e. The number of nitrogens with zero attached hydrogens (tertiary/aromatic N) is 2. The van der Waals surface area contributed by atoms with E-state index in [2.05, 4.69) is 15.5 Å². The maximum Gasteiger partial charge on any atom is 0.257 e. The van der Waals surface area contributed by atoms with Crippen LogP contribution in [0.3, 0.4) is 0 Å². The van der Waals surface area contributed by atoms with Crippen molar-refractivity contribution in [3.63, 3.8) is 0 Å². The highest BCUT2D eigenvalue weighted by Crippen LogP contribution is 2.21. The monoisotopic (exact) mass is 476 g/mol. The average molecular weight is 477 g/mol. The molecule has 1 heterocycles. The first-order chi connectivity index (χ1) is 16.4. The van der Waals surface area contributed by atoms with Gasteiger partial charge in [-0.1, -0.05) is 29.8 Å². The van der Waals surface area contributed by atoms with Crippen LogP contribution in [0.4, 0.5) is 15.8 Å². The first kappa shape index (κ1) is 23.4. The van der Waals surface area contributed by atoms with Crippen LogP contribution >= 0.6 is 12.2 Å². The summed E-state index contributed by atoms with van der Waals surface area (Å²) in [5.74, 6) is -1.04. The predicted molar refractivity (Wildman–Crippen MR) is 136 cm³/mol. The highest BCUT2D eigenvalue weighted by atomic mass is 32.1. The van der Waals surface area contributed by atoms with Crippen molar-refractivity contribution in [2.75, 3.05) is 36.4 Å². The minimum Gasteiger partial charge on any atom is -0.368 e. The standard InChI is InChI=1S/C26H25FN4O2S/c1-18-5-4-6-19(17-18)24(32)29-26(34)28-20-9-11-21(12-10-20)30-13-15-31(16-14-30)25(33)22-7-2-3-8-23(22)27/h2-12,17H,13-16H2,1H3,(H2,28,29,32,34). The summed E-state index contributed by atoms with van der Waals surface area (Å²) in [5.41, 5.74) is 3.42. The fraction of sp³-hybridized carbons (Fsp3) is 0.192. The van der Waals surface area contributed by atoms with Gasteiger partial charge in [0.1, 0.15) is 5.82 Å². The summed E-state index contributed by atoms with van der Waals surface area (Å²) in [6.45, 7) is 4.26. The molecule has 1 aliphatic rings. The molecule has 0 radical (unpaired) electrons. The first-order valence-electron chi connectivity index (χ1n) is 11.0. The lowest BCUT2D eigenvalue weighted by atomic mass is 10.1. The van der Waals surface area contributed by atoms with Crippen LogP contribution in [0.15, 0.2) is 72.8 Å². The molecule has 2 N–H and O–H groups in total. The summed E-state index contributed by atoms with van der Waals surface area (Å²) in [7, 11) is 0. The number of aryl methyl sites for hydroxylation is 1. The minimum absolute atomic E-state index is 0.108. The van der Waals surface area contributed by atoms with Gasteiger partial charge >= 0.3 is 0 Å². The summed E-state index contributed by atoms with van der Waals surface area (Å²) >= 11 is 5.27. The number of hydrogen-bond acceptors (Lipinski definition) is 4. The zero-order valence-corrected chi connectivity index (χ0v) is 19.6. The molecule has 1 fully saturated rings. The zero-order valence-electron chi connectivity index (χ0n) is 18.8. The third-order valence-electron chi connectivity index (χ3n) is 5.67. The van der Waals surface area contributed by atoms with Crippen LogP contribution in [0, 0.1) is 12.7 Å². The largest absolute Gasteiger partial charge is 0.368 e. The Morgan fingerprint density at radius 2 is 1.62 bits per heavy atom. The Morgan fingerprint density at radius 1 is 0.912 bits per heavy atom. The fourth-order valence-corrected chi connectivity index (χ4v) is 4.06. The van der Waals surface area contributed by atoms with Gasteiger partial charge in [-0.3, -0.25) is 14.9 Å². The predicted octanol–water partition coefficient (Wildman–Crippen LogP) is 4.22. The summed E-state index contributed by atoms with van der Waals surface area (Å²) < 4.78 is 13.9. The summed E-state index contributed by atoms with van der Waals surface area (Å²) in [6, 6.07) is 21.1. The molecule has 0 aromatic heterocycles. The van der Waals surface area contributed by atoms with E-state index >= 15 is 0 Å². The van der Waals surface area contributed by atoms with Crippen LogP contribution < -0.4 is 15.5 Å². The summed E-state index contributed by atoms with van der Waals surface area (Å²) in [5, 5.41) is 5.94. The molecular weight excluding hydrogens is 451 g/mol. The normalized spacial score (nSPS) is 13.4. The van der Waals surface area contributed by atoms with Gasteiger partial charge in [0.2, 0.25) is 0 Å². The lowest BCUT2D eigenvalue weighted by Gasteiger charge is -2.36. The molecule has 34 heavy (non-hydrogen) atoms. The number of carbonyl (C=O) groups is 2. The Bertz CT molecular complexity index is 1210. The van der Waals surface area contributed by atoms with Gasteiger partial charge in [0.25, 0.3) is 11.8 Å². The first-order valence-corrected chi connectivity index (χ1v) is 11.4. The Morgan fingerprint density at radius 3 is 2.29 bits per heavy atom. The van der Waals surface area contributed by atoms with Gasteiger partial charge in [-0.05, 0) is 67.7 Å². The lowest BCUT2D eigenvalue weighted by Crippen LogP contribution is -2.49. The quantitative estimate of drug-likeness (QED) is 0.552. The molecule has 1 aliphatic heterocycles. The topological polar surface area (TPSA) is 64.7 Å². The second-order valence-electron chi connectivity index (χ2n) is 8.08. The van der Waals surface area contributed by atoms with Crippen LogP contribution in [0.5, 0.6) is 0 Å². The molecule has 2 amide bonds. The Balaban J connectivity index is 1.29. The fourth-order valence-electron chi connectivity index (χ4n) is 3.85. The van der Waals surface area contributed by atoms with E-state index in [1.54, 1.807) is 29.2 Å². The van der Waals surface area contributed by atoms with E-state index in [0.29, 0.717) is 31.7 Å². The highest BCUT2D eigenvalue weighted by Gasteiger charge is 2.24. The molecule has 0 bridgehead atoms. The minimum atomic E-state index is -0.494. The van der Waals surface area contributed by atoms with Crippen LogP contribution in [0.2, 0.25) is 0 Å². The third-order valence-corrected chi connectivity index (χ3v) is 5.87. The highest BCUT2D eigenvalue weighted by molar-refractivity contribution is 7.80. The Labute approximate surface area is 203 Å². The van der Waals surface area contributed by atoms with Crippen LogP contribution in [-0.2, 0) is 0 Å². The maximum absolute atomic E-state index is 13.9. The van der Waals surface area contributed by atoms with Crippen molar-refractivity contribution in [2.45, 2.75) is 6.92 Å². The van der Waals surface area contributed by atoms with E-state index in [1.807, 2.05) is 43.3 Å². The molecule has 0 spiro atoms. The molecule has 174 valence electrons. The second kappa shape index (κ2) is 10.4. The number of nitrogens with one attached hydrogen (secondary N) is 2. The van der Waals surface area contributed by atoms with Crippen LogP contribution in [-0.4, -0.2) is 48.0 Å². The molecule has 3 aromatic rings. The zero-order chi connectivity index (χ0) is 24.1. The van der Waals surface area contributed by atoms with E-state index < -0.39 is 5.82 Å². The van der Waals surface area contributed by atoms with E-state index in [1.165, 1.54) is 12.1 Å². The van der Waals surface area contributed by atoms with Crippen molar-refractivity contribution in [2.24, 2.45) is 0 Å². The van der Waals surface area contributed by atoms with E-state index in [4.69, 9.17) is 12.2 Å². The third kappa shape index (κ3) is 5.58. The molecule has 6 nitrogen and oxygen atoms in total. The van der Waals surface area contributed by atoms with E-state index in [0.717, 1.165) is 16.9 Å². The maximum atomic E-state index is 13.9. The van der Waals surface area contributed by atoms with Crippen LogP contribution in [0.1, 0.15) is 26.3 Å². The molecule has 8 heteroatoms. The van der Waals surface area contributed by atoms with Gasteiger partial charge in [-0.15, -0.1) is 0 Å². The molecule has 0 aliphatic carbocycles. The number of rotatable bonds is 4. The second-order valence-corrected chi connectivity index (χ2v) is 8.49.